The highest BCUT2D eigenvalue weighted by Crippen LogP contribution is 2.27. The molecule has 0 saturated heterocycles. The van der Waals surface area contributed by atoms with Gasteiger partial charge in [-0.05, 0) is 22.9 Å². The van der Waals surface area contributed by atoms with Crippen molar-refractivity contribution in [1.29, 1.82) is 0 Å². The Morgan fingerprint density at radius 2 is 2.11 bits per heavy atom. The molecule has 0 spiro atoms. The van der Waals surface area contributed by atoms with Gasteiger partial charge in [-0.25, -0.2) is 0 Å². The molecule has 0 fully saturated rings. The van der Waals surface area contributed by atoms with Crippen molar-refractivity contribution >= 4 is 39.5 Å². The summed E-state index contributed by atoms with van der Waals surface area (Å²) in [4.78, 5) is 17.1. The average Bonchev–Trinajstić information content (AvgIpc) is 2.83. The predicted molar refractivity (Wildman–Crippen MR) is 74.5 cm³/mol. The van der Waals surface area contributed by atoms with E-state index in [1.54, 1.807) is 18.5 Å². The molecule has 0 bridgehead atoms. The van der Waals surface area contributed by atoms with Crippen molar-refractivity contribution in [2.24, 2.45) is 0 Å². The van der Waals surface area contributed by atoms with E-state index in [2.05, 4.69) is 4.98 Å². The van der Waals surface area contributed by atoms with E-state index < -0.39 is 0 Å². The van der Waals surface area contributed by atoms with Gasteiger partial charge in [0.2, 0.25) is 5.78 Å². The van der Waals surface area contributed by atoms with E-state index in [0.29, 0.717) is 15.5 Å². The van der Waals surface area contributed by atoms with Gasteiger partial charge in [-0.3, -0.25) is 9.78 Å². The van der Waals surface area contributed by atoms with E-state index >= 15 is 0 Å². The van der Waals surface area contributed by atoms with Gasteiger partial charge >= 0.3 is 0 Å². The molecule has 3 aromatic rings. The Kier molecular flexibility index (Phi) is 2.86. The zero-order valence-electron chi connectivity index (χ0n) is 9.26. The molecular weight excluding hydrogens is 266 g/mol. The van der Waals surface area contributed by atoms with Crippen molar-refractivity contribution in [3.8, 4) is 0 Å². The van der Waals surface area contributed by atoms with Crippen molar-refractivity contribution in [2.75, 3.05) is 0 Å². The Morgan fingerprint density at radius 3 is 2.89 bits per heavy atom. The van der Waals surface area contributed by atoms with E-state index in [9.17, 15) is 4.79 Å². The number of pyridine rings is 1. The third-order valence-electron chi connectivity index (χ3n) is 2.75. The predicted octanol–water partition coefficient (Wildman–Crippen LogP) is 4.18. The maximum absolute atomic E-state index is 12.4. The molecule has 0 N–H and O–H groups in total. The van der Waals surface area contributed by atoms with Crippen molar-refractivity contribution in [2.45, 2.75) is 0 Å². The number of rotatable bonds is 2. The van der Waals surface area contributed by atoms with Crippen LogP contribution in [-0.2, 0) is 0 Å². The van der Waals surface area contributed by atoms with Crippen molar-refractivity contribution < 1.29 is 4.79 Å². The lowest BCUT2D eigenvalue weighted by Gasteiger charge is -2.04. The number of nitrogens with zero attached hydrogens (tertiary/aromatic N) is 1. The minimum atomic E-state index is -0.0476. The normalized spacial score (nSPS) is 10.7. The Labute approximate surface area is 113 Å². The van der Waals surface area contributed by atoms with Gasteiger partial charge in [-0.2, -0.15) is 0 Å². The summed E-state index contributed by atoms with van der Waals surface area (Å²) in [6.07, 6.45) is 3.43. The van der Waals surface area contributed by atoms with Crippen LogP contribution in [0.25, 0.3) is 10.8 Å². The summed E-state index contributed by atoms with van der Waals surface area (Å²) in [6.45, 7) is 0. The summed E-state index contributed by atoms with van der Waals surface area (Å²) < 4.78 is 0. The first kappa shape index (κ1) is 11.4. The lowest BCUT2D eigenvalue weighted by atomic mass is 10.0. The van der Waals surface area contributed by atoms with Crippen LogP contribution < -0.4 is 0 Å². The molecule has 0 aliphatic carbocycles. The second kappa shape index (κ2) is 4.52. The quantitative estimate of drug-likeness (QED) is 0.656. The van der Waals surface area contributed by atoms with Gasteiger partial charge in [0.25, 0.3) is 0 Å². The summed E-state index contributed by atoms with van der Waals surface area (Å²) in [5.74, 6) is -0.0476. The number of fused-ring (bicyclic) bond motifs is 1. The first-order valence-corrected chi connectivity index (χ1v) is 6.63. The van der Waals surface area contributed by atoms with Crippen LogP contribution in [0.5, 0.6) is 0 Å². The zero-order valence-corrected chi connectivity index (χ0v) is 10.8. The van der Waals surface area contributed by atoms with Crippen molar-refractivity contribution in [1.82, 2.24) is 4.98 Å². The fourth-order valence-electron chi connectivity index (χ4n) is 1.89. The third kappa shape index (κ3) is 1.82. The maximum Gasteiger partial charge on any atom is 0.205 e. The van der Waals surface area contributed by atoms with Gasteiger partial charge in [-0.15, -0.1) is 11.3 Å². The molecule has 3 rings (SSSR count). The Morgan fingerprint density at radius 1 is 1.22 bits per heavy atom. The van der Waals surface area contributed by atoms with Crippen molar-refractivity contribution in [3.05, 3.63) is 63.6 Å². The molecule has 4 heteroatoms. The summed E-state index contributed by atoms with van der Waals surface area (Å²) in [5.41, 5.74) is 0.643. The summed E-state index contributed by atoms with van der Waals surface area (Å²) in [5, 5.41) is 4.18. The number of thiophene rings is 1. The zero-order chi connectivity index (χ0) is 12.5. The molecular formula is C14H8ClNOS. The average molecular weight is 274 g/mol. The van der Waals surface area contributed by atoms with Crippen LogP contribution in [0.4, 0.5) is 0 Å². The number of benzene rings is 1. The molecule has 1 aromatic carbocycles. The molecule has 2 heterocycles. The number of halogens is 1. The summed E-state index contributed by atoms with van der Waals surface area (Å²) >= 11 is 7.37. The molecule has 0 aliphatic heterocycles. The Balaban J connectivity index is 2.21. The van der Waals surface area contributed by atoms with Crippen LogP contribution in [0, 0.1) is 0 Å². The monoisotopic (exact) mass is 273 g/mol. The van der Waals surface area contributed by atoms with Crippen molar-refractivity contribution in [3.63, 3.8) is 0 Å². The standard InChI is InChI=1S/C14H8ClNOS/c15-12-5-7-18-14(12)13(17)10-3-1-2-9-4-6-16-8-11(9)10/h1-8H. The van der Waals surface area contributed by atoms with E-state index in [1.165, 1.54) is 11.3 Å². The summed E-state index contributed by atoms with van der Waals surface area (Å²) in [6, 6.07) is 9.27. The number of ketones is 1. The minimum Gasteiger partial charge on any atom is -0.288 e. The maximum atomic E-state index is 12.4. The van der Waals surface area contributed by atoms with E-state index in [0.717, 1.165) is 10.8 Å². The molecule has 18 heavy (non-hydrogen) atoms. The van der Waals surface area contributed by atoms with Gasteiger partial charge in [0, 0.05) is 23.3 Å². The van der Waals surface area contributed by atoms with Gasteiger partial charge in [0.15, 0.2) is 0 Å². The highest BCUT2D eigenvalue weighted by atomic mass is 35.5. The molecule has 0 saturated carbocycles. The number of carbonyl (C=O) groups excluding carboxylic acids is 1. The molecule has 0 unspecified atom stereocenters. The fourth-order valence-corrected chi connectivity index (χ4v) is 2.98. The number of hydrogen-bond donors (Lipinski definition) is 0. The van der Waals surface area contributed by atoms with E-state index in [-0.39, 0.29) is 5.78 Å². The molecule has 2 aromatic heterocycles. The highest BCUT2D eigenvalue weighted by molar-refractivity contribution is 7.13. The SMILES string of the molecule is O=C(c1sccc1Cl)c1cccc2ccncc12. The van der Waals surface area contributed by atoms with Gasteiger partial charge in [0.1, 0.15) is 0 Å². The van der Waals surface area contributed by atoms with Crippen LogP contribution in [0.3, 0.4) is 0 Å². The summed E-state index contributed by atoms with van der Waals surface area (Å²) in [7, 11) is 0. The van der Waals surface area contributed by atoms with Gasteiger partial charge in [-0.1, -0.05) is 29.8 Å². The molecule has 88 valence electrons. The largest absolute Gasteiger partial charge is 0.288 e. The van der Waals surface area contributed by atoms with Crippen LogP contribution in [-0.4, -0.2) is 10.8 Å². The lowest BCUT2D eigenvalue weighted by Crippen LogP contribution is -2.00. The molecule has 0 aliphatic rings. The Hall–Kier alpha value is -1.71. The highest BCUT2D eigenvalue weighted by Gasteiger charge is 2.16. The Bertz CT molecular complexity index is 730. The fraction of sp³-hybridized carbons (Fsp3) is 0. The van der Waals surface area contributed by atoms with E-state index in [4.69, 9.17) is 11.6 Å². The lowest BCUT2D eigenvalue weighted by molar-refractivity contribution is 0.104. The first-order chi connectivity index (χ1) is 8.77. The second-order valence-corrected chi connectivity index (χ2v) is 5.15. The first-order valence-electron chi connectivity index (χ1n) is 5.38. The van der Waals surface area contributed by atoms with E-state index in [1.807, 2.05) is 29.6 Å². The minimum absolute atomic E-state index is 0.0476. The number of aromatic nitrogens is 1. The number of carbonyl (C=O) groups is 1. The molecule has 2 nitrogen and oxygen atoms in total. The second-order valence-electron chi connectivity index (χ2n) is 3.83. The number of hydrogen-bond acceptors (Lipinski definition) is 3. The van der Waals surface area contributed by atoms with Crippen LogP contribution in [0.1, 0.15) is 15.2 Å². The topological polar surface area (TPSA) is 30.0 Å². The van der Waals surface area contributed by atoms with Crippen LogP contribution in [0.15, 0.2) is 48.1 Å². The third-order valence-corrected chi connectivity index (χ3v) is 4.09. The van der Waals surface area contributed by atoms with Crippen LogP contribution >= 0.6 is 22.9 Å². The molecule has 0 atom stereocenters. The molecule has 0 amide bonds. The van der Waals surface area contributed by atoms with Gasteiger partial charge < -0.3 is 0 Å². The molecule has 0 radical (unpaired) electrons. The smallest absolute Gasteiger partial charge is 0.205 e. The van der Waals surface area contributed by atoms with Gasteiger partial charge in [0.05, 0.1) is 9.90 Å². The van der Waals surface area contributed by atoms with Crippen LogP contribution in [0.2, 0.25) is 5.02 Å².